The highest BCUT2D eigenvalue weighted by Gasteiger charge is 2.26. The van der Waals surface area contributed by atoms with Gasteiger partial charge in [0.05, 0.1) is 29.6 Å². The summed E-state index contributed by atoms with van der Waals surface area (Å²) in [5, 5.41) is 13.0. The zero-order valence-corrected chi connectivity index (χ0v) is 12.2. The van der Waals surface area contributed by atoms with Gasteiger partial charge in [0.25, 0.3) is 0 Å². The van der Waals surface area contributed by atoms with Crippen molar-refractivity contribution in [2.45, 2.75) is 25.9 Å². The van der Waals surface area contributed by atoms with Crippen molar-refractivity contribution in [1.29, 1.82) is 0 Å². The lowest BCUT2D eigenvalue weighted by atomic mass is 10.2. The molecule has 1 unspecified atom stereocenters. The number of nitrogens with one attached hydrogen (secondary N) is 1. The first-order valence-corrected chi connectivity index (χ1v) is 7.45. The fraction of sp³-hybridized carbons (Fsp3) is 0.375. The number of fused-ring (bicyclic) bond motifs is 1. The van der Waals surface area contributed by atoms with Crippen LogP contribution in [0.5, 0.6) is 0 Å². The van der Waals surface area contributed by atoms with E-state index >= 15 is 0 Å². The summed E-state index contributed by atoms with van der Waals surface area (Å²) in [6, 6.07) is 8.90. The van der Waals surface area contributed by atoms with E-state index in [1.54, 1.807) is 0 Å². The number of aryl methyl sites for hydroxylation is 1. The molecule has 5 nitrogen and oxygen atoms in total. The Morgan fingerprint density at radius 3 is 3.05 bits per heavy atom. The summed E-state index contributed by atoms with van der Waals surface area (Å²) in [6.07, 6.45) is 5.01. The van der Waals surface area contributed by atoms with Gasteiger partial charge in [-0.1, -0.05) is 18.2 Å². The lowest BCUT2D eigenvalue weighted by molar-refractivity contribution is 0.309. The molecular formula is C16H19N5. The van der Waals surface area contributed by atoms with Crippen LogP contribution in [0.4, 0.5) is 0 Å². The highest BCUT2D eigenvalue weighted by atomic mass is 15.3. The Morgan fingerprint density at radius 1 is 1.29 bits per heavy atom. The molecule has 2 aromatic heterocycles. The van der Waals surface area contributed by atoms with Crippen LogP contribution in [-0.4, -0.2) is 38.0 Å². The number of likely N-dealkylation sites (tertiary alicyclic amines) is 1. The quantitative estimate of drug-likeness (QED) is 0.802. The van der Waals surface area contributed by atoms with E-state index in [4.69, 9.17) is 0 Å². The Morgan fingerprint density at radius 2 is 2.19 bits per heavy atom. The molecule has 0 spiro atoms. The maximum absolute atomic E-state index is 4.60. The molecule has 0 bridgehead atoms. The lowest BCUT2D eigenvalue weighted by Crippen LogP contribution is -2.22. The Labute approximate surface area is 123 Å². The first kappa shape index (κ1) is 12.6. The maximum Gasteiger partial charge on any atom is 0.0686 e. The highest BCUT2D eigenvalue weighted by Crippen LogP contribution is 2.26. The summed E-state index contributed by atoms with van der Waals surface area (Å²) in [4.78, 5) is 2.47. The summed E-state index contributed by atoms with van der Waals surface area (Å²) in [7, 11) is 0. The molecule has 0 saturated carbocycles. The van der Waals surface area contributed by atoms with Crippen molar-refractivity contribution in [2.24, 2.45) is 0 Å². The SMILES string of the molecule is Cc1cn[nH]c1CN1CCC(n2ncc3ccccc32)C1. The number of rotatable bonds is 3. The molecule has 1 saturated heterocycles. The molecule has 1 aromatic carbocycles. The van der Waals surface area contributed by atoms with Crippen molar-refractivity contribution < 1.29 is 0 Å². The second-order valence-electron chi connectivity index (χ2n) is 5.86. The Hall–Kier alpha value is -2.14. The average molecular weight is 281 g/mol. The molecular weight excluding hydrogens is 262 g/mol. The van der Waals surface area contributed by atoms with E-state index in [2.05, 4.69) is 56.1 Å². The summed E-state index contributed by atoms with van der Waals surface area (Å²) < 4.78 is 2.19. The minimum atomic E-state index is 0.466. The van der Waals surface area contributed by atoms with Crippen LogP contribution in [0.2, 0.25) is 0 Å². The van der Waals surface area contributed by atoms with Crippen molar-refractivity contribution in [1.82, 2.24) is 24.9 Å². The van der Waals surface area contributed by atoms with E-state index in [1.807, 2.05) is 12.4 Å². The normalized spacial score (nSPS) is 19.6. The lowest BCUT2D eigenvalue weighted by Gasteiger charge is -2.16. The molecule has 1 fully saturated rings. The largest absolute Gasteiger partial charge is 0.295 e. The fourth-order valence-electron chi connectivity index (χ4n) is 3.20. The minimum absolute atomic E-state index is 0.466. The molecule has 5 heteroatoms. The predicted molar refractivity (Wildman–Crippen MR) is 82.0 cm³/mol. The number of H-pyrrole nitrogens is 1. The molecule has 0 aliphatic carbocycles. The number of para-hydroxylation sites is 1. The van der Waals surface area contributed by atoms with Crippen molar-refractivity contribution in [3.63, 3.8) is 0 Å². The Balaban J connectivity index is 1.52. The molecule has 1 aliphatic heterocycles. The number of benzene rings is 1. The van der Waals surface area contributed by atoms with E-state index in [1.165, 1.54) is 22.2 Å². The third-order valence-corrected chi connectivity index (χ3v) is 4.41. The van der Waals surface area contributed by atoms with Crippen LogP contribution in [0.25, 0.3) is 10.9 Å². The van der Waals surface area contributed by atoms with Gasteiger partial charge < -0.3 is 0 Å². The molecule has 1 aliphatic rings. The van der Waals surface area contributed by atoms with E-state index in [-0.39, 0.29) is 0 Å². The van der Waals surface area contributed by atoms with Crippen LogP contribution < -0.4 is 0 Å². The van der Waals surface area contributed by atoms with E-state index in [0.29, 0.717) is 6.04 Å². The van der Waals surface area contributed by atoms with Crippen molar-refractivity contribution >= 4 is 10.9 Å². The summed E-state index contributed by atoms with van der Waals surface area (Å²) >= 11 is 0. The maximum atomic E-state index is 4.60. The van der Waals surface area contributed by atoms with Crippen molar-refractivity contribution in [2.75, 3.05) is 13.1 Å². The first-order valence-electron chi connectivity index (χ1n) is 7.45. The summed E-state index contributed by atoms with van der Waals surface area (Å²) in [5.41, 5.74) is 3.70. The van der Waals surface area contributed by atoms with Gasteiger partial charge in [0.1, 0.15) is 0 Å². The number of hydrogen-bond acceptors (Lipinski definition) is 3. The summed E-state index contributed by atoms with van der Waals surface area (Å²) in [6.45, 7) is 5.20. The van der Waals surface area contributed by atoms with Gasteiger partial charge in [-0.2, -0.15) is 10.2 Å². The summed E-state index contributed by atoms with van der Waals surface area (Å²) in [5.74, 6) is 0. The standard InChI is InChI=1S/C16H19N5/c1-12-8-17-19-15(12)11-20-7-6-14(10-20)21-16-5-3-2-4-13(16)9-18-21/h2-5,8-9,14H,6-7,10-11H2,1H3,(H,17,19). The highest BCUT2D eigenvalue weighted by molar-refractivity contribution is 5.78. The zero-order valence-electron chi connectivity index (χ0n) is 12.2. The van der Waals surface area contributed by atoms with Crippen molar-refractivity contribution in [3.8, 4) is 0 Å². The zero-order chi connectivity index (χ0) is 14.2. The number of hydrogen-bond donors (Lipinski definition) is 1. The van der Waals surface area contributed by atoms with Gasteiger partial charge in [0.15, 0.2) is 0 Å². The fourth-order valence-corrected chi connectivity index (χ4v) is 3.20. The molecule has 3 heterocycles. The van der Waals surface area contributed by atoms with Crippen LogP contribution in [0.3, 0.4) is 0 Å². The molecule has 21 heavy (non-hydrogen) atoms. The Kier molecular flexibility index (Phi) is 3.00. The molecule has 1 N–H and O–H groups in total. The van der Waals surface area contributed by atoms with Crippen LogP contribution in [0.1, 0.15) is 23.7 Å². The van der Waals surface area contributed by atoms with Gasteiger partial charge in [-0.15, -0.1) is 0 Å². The van der Waals surface area contributed by atoms with E-state index in [0.717, 1.165) is 26.1 Å². The third-order valence-electron chi connectivity index (χ3n) is 4.41. The number of nitrogens with zero attached hydrogens (tertiary/aromatic N) is 4. The molecule has 108 valence electrons. The van der Waals surface area contributed by atoms with Gasteiger partial charge in [0, 0.05) is 25.0 Å². The molecule has 4 rings (SSSR count). The first-order chi connectivity index (χ1) is 10.3. The molecule has 0 amide bonds. The predicted octanol–water partition coefficient (Wildman–Crippen LogP) is 2.51. The smallest absolute Gasteiger partial charge is 0.0686 e. The van der Waals surface area contributed by atoms with Gasteiger partial charge >= 0.3 is 0 Å². The van der Waals surface area contributed by atoms with Crippen molar-refractivity contribution in [3.05, 3.63) is 47.9 Å². The molecule has 3 aromatic rings. The monoisotopic (exact) mass is 281 g/mol. The second kappa shape index (κ2) is 5.00. The topological polar surface area (TPSA) is 49.7 Å². The van der Waals surface area contributed by atoms with Crippen LogP contribution in [-0.2, 0) is 6.54 Å². The minimum Gasteiger partial charge on any atom is -0.295 e. The van der Waals surface area contributed by atoms with E-state index in [9.17, 15) is 0 Å². The van der Waals surface area contributed by atoms with Gasteiger partial charge in [-0.05, 0) is 25.0 Å². The van der Waals surface area contributed by atoms with Crippen LogP contribution in [0.15, 0.2) is 36.7 Å². The van der Waals surface area contributed by atoms with Gasteiger partial charge in [-0.3, -0.25) is 14.7 Å². The average Bonchev–Trinajstić information content (AvgIpc) is 3.20. The third kappa shape index (κ3) is 2.23. The second-order valence-corrected chi connectivity index (χ2v) is 5.86. The number of aromatic nitrogens is 4. The van der Waals surface area contributed by atoms with E-state index < -0.39 is 0 Å². The van der Waals surface area contributed by atoms with Gasteiger partial charge in [0.2, 0.25) is 0 Å². The molecule has 1 atom stereocenters. The molecule has 0 radical (unpaired) electrons. The van der Waals surface area contributed by atoms with Crippen LogP contribution in [0, 0.1) is 6.92 Å². The van der Waals surface area contributed by atoms with Gasteiger partial charge in [-0.25, -0.2) is 0 Å². The Bertz CT molecular complexity index is 757. The number of aromatic amines is 1. The van der Waals surface area contributed by atoms with Crippen LogP contribution >= 0.6 is 0 Å².